The average Bonchev–Trinajstić information content (AvgIpc) is 2.64. The van der Waals surface area contributed by atoms with Gasteiger partial charge in [0.25, 0.3) is 0 Å². The van der Waals surface area contributed by atoms with Crippen molar-refractivity contribution in [3.05, 3.63) is 42.5 Å². The van der Waals surface area contributed by atoms with Crippen molar-refractivity contribution in [1.82, 2.24) is 4.90 Å². The summed E-state index contributed by atoms with van der Waals surface area (Å²) in [7, 11) is -1.66. The fourth-order valence-electron chi connectivity index (χ4n) is 3.25. The van der Waals surface area contributed by atoms with Crippen LogP contribution in [0.1, 0.15) is 20.8 Å². The number of sulfone groups is 1. The van der Waals surface area contributed by atoms with Crippen LogP contribution in [0.25, 0.3) is 11.1 Å². The van der Waals surface area contributed by atoms with Crippen molar-refractivity contribution in [1.29, 1.82) is 0 Å². The van der Waals surface area contributed by atoms with Crippen LogP contribution in [0.3, 0.4) is 0 Å². The van der Waals surface area contributed by atoms with E-state index in [-0.39, 0.29) is 16.9 Å². The summed E-state index contributed by atoms with van der Waals surface area (Å²) >= 11 is 0. The number of likely N-dealkylation sites (tertiary alicyclic amines) is 1. The quantitative estimate of drug-likeness (QED) is 0.665. The molecule has 0 atom stereocenters. The van der Waals surface area contributed by atoms with Gasteiger partial charge in [0.15, 0.2) is 9.84 Å². The number of rotatable bonds is 6. The van der Waals surface area contributed by atoms with E-state index in [1.807, 2.05) is 39.0 Å². The van der Waals surface area contributed by atoms with Crippen LogP contribution in [0, 0.1) is 5.92 Å². The van der Waals surface area contributed by atoms with Crippen LogP contribution < -0.4 is 9.47 Å². The lowest BCUT2D eigenvalue weighted by Gasteiger charge is -2.39. The molecule has 168 valence electrons. The van der Waals surface area contributed by atoms with Gasteiger partial charge in [-0.25, -0.2) is 13.2 Å². The lowest BCUT2D eigenvalue weighted by molar-refractivity contribution is -0.00782. The fourth-order valence-corrected chi connectivity index (χ4v) is 3.88. The SMILES string of the molecule is COc1cc(OCC2CN(C(=O)OC(C)(C)C)C2)ccc1-c1ccc(S(C)(=O)=O)cc1. The van der Waals surface area contributed by atoms with Crippen LogP contribution in [-0.4, -0.2) is 58.1 Å². The first-order chi connectivity index (χ1) is 14.5. The third-order valence-electron chi connectivity index (χ3n) is 4.86. The van der Waals surface area contributed by atoms with Crippen LogP contribution in [0.2, 0.25) is 0 Å². The summed E-state index contributed by atoms with van der Waals surface area (Å²) in [5.41, 5.74) is 1.19. The summed E-state index contributed by atoms with van der Waals surface area (Å²) in [6, 6.07) is 12.2. The Morgan fingerprint density at radius 2 is 1.74 bits per heavy atom. The van der Waals surface area contributed by atoms with E-state index < -0.39 is 15.4 Å². The highest BCUT2D eigenvalue weighted by atomic mass is 32.2. The van der Waals surface area contributed by atoms with Crippen molar-refractivity contribution in [2.24, 2.45) is 5.92 Å². The summed E-state index contributed by atoms with van der Waals surface area (Å²) in [6.07, 6.45) is 0.889. The Bertz CT molecular complexity index is 1030. The predicted octanol–water partition coefficient (Wildman–Crippen LogP) is 4.01. The first-order valence-electron chi connectivity index (χ1n) is 10.1. The first kappa shape index (κ1) is 22.9. The fraction of sp³-hybridized carbons (Fsp3) is 0.435. The second-order valence-electron chi connectivity index (χ2n) is 8.72. The van der Waals surface area contributed by atoms with Gasteiger partial charge in [-0.2, -0.15) is 0 Å². The number of carbonyl (C=O) groups is 1. The third kappa shape index (κ3) is 5.91. The van der Waals surface area contributed by atoms with E-state index in [2.05, 4.69) is 0 Å². The number of benzene rings is 2. The van der Waals surface area contributed by atoms with Gasteiger partial charge in [-0.05, 0) is 50.6 Å². The lowest BCUT2D eigenvalue weighted by atomic mass is 10.0. The Balaban J connectivity index is 1.59. The third-order valence-corrected chi connectivity index (χ3v) is 5.99. The molecule has 7 nitrogen and oxygen atoms in total. The average molecular weight is 448 g/mol. The van der Waals surface area contributed by atoms with Gasteiger partial charge >= 0.3 is 6.09 Å². The number of methoxy groups -OCH3 is 1. The topological polar surface area (TPSA) is 82.1 Å². The molecule has 0 saturated carbocycles. The molecule has 1 fully saturated rings. The zero-order chi connectivity index (χ0) is 22.8. The van der Waals surface area contributed by atoms with Gasteiger partial charge in [0.2, 0.25) is 0 Å². The molecule has 0 radical (unpaired) electrons. The van der Waals surface area contributed by atoms with Gasteiger partial charge in [0, 0.05) is 36.9 Å². The molecule has 2 aromatic carbocycles. The van der Waals surface area contributed by atoms with E-state index in [0.29, 0.717) is 31.2 Å². The van der Waals surface area contributed by atoms with Crippen molar-refractivity contribution >= 4 is 15.9 Å². The van der Waals surface area contributed by atoms with Crippen molar-refractivity contribution in [3.8, 4) is 22.6 Å². The maximum Gasteiger partial charge on any atom is 0.410 e. The van der Waals surface area contributed by atoms with Crippen LogP contribution in [-0.2, 0) is 14.6 Å². The van der Waals surface area contributed by atoms with Gasteiger partial charge in [0.1, 0.15) is 17.1 Å². The van der Waals surface area contributed by atoms with Gasteiger partial charge < -0.3 is 19.1 Å². The molecular formula is C23H29NO6S. The van der Waals surface area contributed by atoms with Crippen molar-refractivity contribution in [2.45, 2.75) is 31.3 Å². The maximum absolute atomic E-state index is 12.0. The summed E-state index contributed by atoms with van der Waals surface area (Å²) < 4.78 is 40.1. The zero-order valence-corrected chi connectivity index (χ0v) is 19.4. The van der Waals surface area contributed by atoms with Gasteiger partial charge in [0.05, 0.1) is 18.6 Å². The molecule has 0 N–H and O–H groups in total. The van der Waals surface area contributed by atoms with Crippen LogP contribution >= 0.6 is 0 Å². The van der Waals surface area contributed by atoms with Crippen molar-refractivity contribution in [2.75, 3.05) is 33.1 Å². The molecule has 1 amide bonds. The van der Waals surface area contributed by atoms with E-state index in [1.54, 1.807) is 36.3 Å². The molecule has 8 heteroatoms. The predicted molar refractivity (Wildman–Crippen MR) is 118 cm³/mol. The summed E-state index contributed by atoms with van der Waals surface area (Å²) in [6.45, 7) is 7.26. The molecule has 1 aliphatic rings. The highest BCUT2D eigenvalue weighted by Gasteiger charge is 2.34. The summed E-state index contributed by atoms with van der Waals surface area (Å²) in [5, 5.41) is 0. The van der Waals surface area contributed by atoms with Crippen molar-refractivity contribution in [3.63, 3.8) is 0 Å². The number of carbonyl (C=O) groups excluding carboxylic acids is 1. The number of hydrogen-bond acceptors (Lipinski definition) is 6. The normalized spacial score (nSPS) is 14.7. The molecule has 1 saturated heterocycles. The van der Waals surface area contributed by atoms with E-state index in [1.165, 1.54) is 6.26 Å². The molecule has 0 aliphatic carbocycles. The minimum absolute atomic E-state index is 0.252. The van der Waals surface area contributed by atoms with E-state index >= 15 is 0 Å². The molecule has 0 bridgehead atoms. The van der Waals surface area contributed by atoms with Gasteiger partial charge in [-0.15, -0.1) is 0 Å². The first-order valence-corrected chi connectivity index (χ1v) is 11.9. The minimum atomic E-state index is -3.24. The Kier molecular flexibility index (Phi) is 6.50. The molecular weight excluding hydrogens is 418 g/mol. The summed E-state index contributed by atoms with van der Waals surface area (Å²) in [4.78, 5) is 13.9. The van der Waals surface area contributed by atoms with Crippen LogP contribution in [0.15, 0.2) is 47.4 Å². The monoisotopic (exact) mass is 447 g/mol. The Labute approximate surface area is 183 Å². The minimum Gasteiger partial charge on any atom is -0.496 e. The Hall–Kier alpha value is -2.74. The van der Waals surface area contributed by atoms with E-state index in [4.69, 9.17) is 14.2 Å². The van der Waals surface area contributed by atoms with E-state index in [0.717, 1.165) is 11.1 Å². The molecule has 0 aromatic heterocycles. The molecule has 0 spiro atoms. The standard InChI is InChI=1S/C23H29NO6S/c1-23(2,3)30-22(25)24-13-16(14-24)15-29-18-8-11-20(21(12-18)28-4)17-6-9-19(10-7-17)31(5,26)27/h6-12,16H,13-15H2,1-5H3. The molecule has 1 heterocycles. The van der Waals surface area contributed by atoms with Gasteiger partial charge in [-0.1, -0.05) is 12.1 Å². The molecule has 0 unspecified atom stereocenters. The molecule has 1 aliphatic heterocycles. The smallest absolute Gasteiger partial charge is 0.410 e. The number of amides is 1. The van der Waals surface area contributed by atoms with Crippen molar-refractivity contribution < 1.29 is 27.4 Å². The van der Waals surface area contributed by atoms with Crippen LogP contribution in [0.4, 0.5) is 4.79 Å². The number of ether oxygens (including phenoxy) is 3. The van der Waals surface area contributed by atoms with Crippen LogP contribution in [0.5, 0.6) is 11.5 Å². The highest BCUT2D eigenvalue weighted by molar-refractivity contribution is 7.90. The second-order valence-corrected chi connectivity index (χ2v) is 10.7. The maximum atomic E-state index is 12.0. The molecule has 3 rings (SSSR count). The largest absolute Gasteiger partial charge is 0.496 e. The Morgan fingerprint density at radius 3 is 2.29 bits per heavy atom. The molecule has 31 heavy (non-hydrogen) atoms. The molecule has 2 aromatic rings. The van der Waals surface area contributed by atoms with Gasteiger partial charge in [-0.3, -0.25) is 0 Å². The zero-order valence-electron chi connectivity index (χ0n) is 18.5. The number of hydrogen-bond donors (Lipinski definition) is 0. The second kappa shape index (κ2) is 8.78. The lowest BCUT2D eigenvalue weighted by Crippen LogP contribution is -2.53. The van der Waals surface area contributed by atoms with E-state index in [9.17, 15) is 13.2 Å². The Morgan fingerprint density at radius 1 is 1.10 bits per heavy atom. The highest BCUT2D eigenvalue weighted by Crippen LogP contribution is 2.34. The summed E-state index contributed by atoms with van der Waals surface area (Å²) in [5.74, 6) is 1.55. The number of nitrogens with zero attached hydrogens (tertiary/aromatic N) is 1.